The van der Waals surface area contributed by atoms with Crippen molar-refractivity contribution in [3.8, 4) is 16.9 Å². The molecule has 0 saturated heterocycles. The lowest BCUT2D eigenvalue weighted by Crippen LogP contribution is -2.37. The van der Waals surface area contributed by atoms with Crippen molar-refractivity contribution in [2.75, 3.05) is 0 Å². The zero-order chi connectivity index (χ0) is 22.1. The standard InChI is InChI=1S/C28H37ClO2/c1-3-5-8-18-28(19-9-7-10-20-28)27(30)31-26-17-16-24(21-25(26)29)23-14-12-22(13-15-23)11-6-4-2/h12-17,21H,3-11,18-20H2,1-2H3. The number of benzene rings is 2. The van der Waals surface area contributed by atoms with Crippen LogP contribution in [0.3, 0.4) is 0 Å². The summed E-state index contributed by atoms with van der Waals surface area (Å²) in [6.07, 6.45) is 13.2. The van der Waals surface area contributed by atoms with Gasteiger partial charge in [0.15, 0.2) is 0 Å². The Labute approximate surface area is 193 Å². The van der Waals surface area contributed by atoms with E-state index in [-0.39, 0.29) is 11.4 Å². The number of ether oxygens (including phenoxy) is 1. The lowest BCUT2D eigenvalue weighted by atomic mass is 9.71. The van der Waals surface area contributed by atoms with Crippen molar-refractivity contribution >= 4 is 17.6 Å². The Morgan fingerprint density at radius 2 is 1.58 bits per heavy atom. The molecule has 0 amide bonds. The van der Waals surface area contributed by atoms with E-state index in [4.69, 9.17) is 16.3 Å². The van der Waals surface area contributed by atoms with Gasteiger partial charge in [0.05, 0.1) is 10.4 Å². The topological polar surface area (TPSA) is 26.3 Å². The second-order valence-corrected chi connectivity index (χ2v) is 9.54. The fourth-order valence-corrected chi connectivity index (χ4v) is 4.93. The third-order valence-corrected chi connectivity index (χ3v) is 7.04. The minimum Gasteiger partial charge on any atom is -0.425 e. The summed E-state index contributed by atoms with van der Waals surface area (Å²) in [6, 6.07) is 14.4. The predicted octanol–water partition coefficient (Wildman–Crippen LogP) is 8.79. The van der Waals surface area contributed by atoms with Gasteiger partial charge in [0.25, 0.3) is 0 Å². The number of unbranched alkanes of at least 4 members (excludes halogenated alkanes) is 3. The summed E-state index contributed by atoms with van der Waals surface area (Å²) >= 11 is 6.56. The van der Waals surface area contributed by atoms with Gasteiger partial charge >= 0.3 is 5.97 Å². The Balaban J connectivity index is 1.71. The van der Waals surface area contributed by atoms with Crippen LogP contribution in [0.4, 0.5) is 0 Å². The Hall–Kier alpha value is -1.80. The monoisotopic (exact) mass is 440 g/mol. The van der Waals surface area contributed by atoms with Crippen molar-refractivity contribution in [1.82, 2.24) is 0 Å². The molecular weight excluding hydrogens is 404 g/mol. The second kappa shape index (κ2) is 11.7. The molecule has 2 aromatic carbocycles. The van der Waals surface area contributed by atoms with E-state index in [1.165, 1.54) is 31.2 Å². The first kappa shape index (κ1) is 23.9. The van der Waals surface area contributed by atoms with Crippen molar-refractivity contribution in [1.29, 1.82) is 0 Å². The normalized spacial score (nSPS) is 15.6. The number of rotatable bonds is 10. The van der Waals surface area contributed by atoms with Gasteiger partial charge in [-0.05, 0) is 60.9 Å². The minimum atomic E-state index is -0.330. The predicted molar refractivity (Wildman–Crippen MR) is 131 cm³/mol. The number of hydrogen-bond acceptors (Lipinski definition) is 2. The Morgan fingerprint density at radius 1 is 0.903 bits per heavy atom. The van der Waals surface area contributed by atoms with Gasteiger partial charge in [0.1, 0.15) is 5.75 Å². The molecule has 0 unspecified atom stereocenters. The minimum absolute atomic E-state index is 0.0850. The molecule has 2 nitrogen and oxygen atoms in total. The van der Waals surface area contributed by atoms with E-state index in [1.807, 2.05) is 18.2 Å². The molecule has 168 valence electrons. The molecule has 1 aliphatic carbocycles. The molecular formula is C28H37ClO2. The molecule has 0 aromatic heterocycles. The third kappa shape index (κ3) is 6.35. The maximum atomic E-state index is 13.2. The van der Waals surface area contributed by atoms with Crippen LogP contribution in [-0.2, 0) is 11.2 Å². The van der Waals surface area contributed by atoms with Crippen LogP contribution in [0.15, 0.2) is 42.5 Å². The molecule has 2 aromatic rings. The molecule has 0 spiro atoms. The number of carbonyl (C=O) groups excluding carboxylic acids is 1. The summed E-state index contributed by atoms with van der Waals surface area (Å²) in [7, 11) is 0. The SMILES string of the molecule is CCCCCC1(C(=O)Oc2ccc(-c3ccc(CCCC)cc3)cc2Cl)CCCCC1. The van der Waals surface area contributed by atoms with Crippen LogP contribution in [0, 0.1) is 5.41 Å². The zero-order valence-electron chi connectivity index (χ0n) is 19.2. The Morgan fingerprint density at radius 3 is 2.23 bits per heavy atom. The molecule has 0 heterocycles. The van der Waals surface area contributed by atoms with Gasteiger partial charge < -0.3 is 4.74 Å². The molecule has 3 heteroatoms. The first-order valence-corrected chi connectivity index (χ1v) is 12.6. The van der Waals surface area contributed by atoms with Crippen LogP contribution in [0.25, 0.3) is 11.1 Å². The summed E-state index contributed by atoms with van der Waals surface area (Å²) in [5.41, 5.74) is 3.21. The van der Waals surface area contributed by atoms with Gasteiger partial charge in [-0.15, -0.1) is 0 Å². The fourth-order valence-electron chi connectivity index (χ4n) is 4.71. The smallest absolute Gasteiger partial charge is 0.317 e. The first-order valence-electron chi connectivity index (χ1n) is 12.2. The average molecular weight is 441 g/mol. The van der Waals surface area contributed by atoms with E-state index in [0.29, 0.717) is 10.8 Å². The van der Waals surface area contributed by atoms with Gasteiger partial charge in [0.2, 0.25) is 0 Å². The molecule has 0 N–H and O–H groups in total. The molecule has 1 fully saturated rings. The van der Waals surface area contributed by atoms with E-state index in [0.717, 1.165) is 62.5 Å². The highest BCUT2D eigenvalue weighted by molar-refractivity contribution is 6.32. The maximum Gasteiger partial charge on any atom is 0.317 e. The third-order valence-electron chi connectivity index (χ3n) is 6.74. The van der Waals surface area contributed by atoms with E-state index in [2.05, 4.69) is 38.1 Å². The van der Waals surface area contributed by atoms with Crippen molar-refractivity contribution in [2.45, 2.75) is 90.9 Å². The maximum absolute atomic E-state index is 13.2. The first-order chi connectivity index (χ1) is 15.1. The van der Waals surface area contributed by atoms with Crippen LogP contribution in [0.5, 0.6) is 5.75 Å². The van der Waals surface area contributed by atoms with Gasteiger partial charge in [-0.3, -0.25) is 4.79 Å². The van der Waals surface area contributed by atoms with Gasteiger partial charge in [-0.1, -0.05) is 101 Å². The van der Waals surface area contributed by atoms with E-state index in [9.17, 15) is 4.79 Å². The lowest BCUT2D eigenvalue weighted by Gasteiger charge is -2.35. The molecule has 31 heavy (non-hydrogen) atoms. The van der Waals surface area contributed by atoms with Crippen LogP contribution in [0.2, 0.25) is 5.02 Å². The summed E-state index contributed by atoms with van der Waals surface area (Å²) < 4.78 is 5.90. The van der Waals surface area contributed by atoms with E-state index >= 15 is 0 Å². The van der Waals surface area contributed by atoms with Crippen LogP contribution in [-0.4, -0.2) is 5.97 Å². The van der Waals surface area contributed by atoms with Crippen molar-refractivity contribution < 1.29 is 9.53 Å². The van der Waals surface area contributed by atoms with Gasteiger partial charge in [0, 0.05) is 0 Å². The Bertz CT molecular complexity index is 835. The molecule has 1 saturated carbocycles. The summed E-state index contributed by atoms with van der Waals surface area (Å²) in [5, 5.41) is 0.500. The number of esters is 1. The van der Waals surface area contributed by atoms with E-state index in [1.54, 1.807) is 0 Å². The number of aryl methyl sites for hydroxylation is 1. The molecule has 3 rings (SSSR count). The number of carbonyl (C=O) groups is 1. The van der Waals surface area contributed by atoms with Crippen molar-refractivity contribution in [3.63, 3.8) is 0 Å². The molecule has 1 aliphatic rings. The average Bonchev–Trinajstić information content (AvgIpc) is 2.80. The molecule has 0 radical (unpaired) electrons. The van der Waals surface area contributed by atoms with Crippen LogP contribution >= 0.6 is 11.6 Å². The quantitative estimate of drug-likeness (QED) is 0.209. The van der Waals surface area contributed by atoms with Gasteiger partial charge in [-0.25, -0.2) is 0 Å². The van der Waals surface area contributed by atoms with E-state index < -0.39 is 0 Å². The van der Waals surface area contributed by atoms with Crippen LogP contribution < -0.4 is 4.74 Å². The van der Waals surface area contributed by atoms with Crippen molar-refractivity contribution in [3.05, 3.63) is 53.1 Å². The largest absolute Gasteiger partial charge is 0.425 e. The molecule has 0 bridgehead atoms. The number of halogens is 1. The highest BCUT2D eigenvalue weighted by Gasteiger charge is 2.40. The van der Waals surface area contributed by atoms with Gasteiger partial charge in [-0.2, -0.15) is 0 Å². The highest BCUT2D eigenvalue weighted by atomic mass is 35.5. The van der Waals surface area contributed by atoms with Crippen molar-refractivity contribution in [2.24, 2.45) is 5.41 Å². The second-order valence-electron chi connectivity index (χ2n) is 9.13. The lowest BCUT2D eigenvalue weighted by molar-refractivity contribution is -0.148. The Kier molecular flexibility index (Phi) is 9.02. The zero-order valence-corrected chi connectivity index (χ0v) is 20.0. The summed E-state index contributed by atoms with van der Waals surface area (Å²) in [6.45, 7) is 4.41. The summed E-state index contributed by atoms with van der Waals surface area (Å²) in [5.74, 6) is 0.397. The highest BCUT2D eigenvalue weighted by Crippen LogP contribution is 2.43. The van der Waals surface area contributed by atoms with Crippen LogP contribution in [0.1, 0.15) is 90.0 Å². The summed E-state index contributed by atoms with van der Waals surface area (Å²) in [4.78, 5) is 13.2. The molecule has 0 aliphatic heterocycles. The molecule has 0 atom stereocenters. The number of hydrogen-bond donors (Lipinski definition) is 0. The fraction of sp³-hybridized carbons (Fsp3) is 0.536.